The summed E-state index contributed by atoms with van der Waals surface area (Å²) in [5.41, 5.74) is -0.00752. The van der Waals surface area contributed by atoms with Gasteiger partial charge in [-0.1, -0.05) is 12.1 Å². The van der Waals surface area contributed by atoms with E-state index in [4.69, 9.17) is 4.74 Å². The minimum atomic E-state index is -5.16. The quantitative estimate of drug-likeness (QED) is 0.566. The molecule has 2 aromatic rings. The van der Waals surface area contributed by atoms with E-state index in [2.05, 4.69) is 4.98 Å². The Morgan fingerprint density at radius 2 is 1.90 bits per heavy atom. The van der Waals surface area contributed by atoms with Gasteiger partial charge < -0.3 is 17.7 Å². The molecule has 0 saturated carbocycles. The van der Waals surface area contributed by atoms with Crippen LogP contribution in [0, 0.1) is 5.82 Å². The van der Waals surface area contributed by atoms with Crippen LogP contribution in [0.25, 0.3) is 0 Å². The molecular formula is C13H11BF4KNO. The van der Waals surface area contributed by atoms with E-state index >= 15 is 0 Å². The van der Waals surface area contributed by atoms with Crippen molar-refractivity contribution >= 4 is 12.4 Å². The van der Waals surface area contributed by atoms with Gasteiger partial charge in [-0.05, 0) is 23.8 Å². The molecule has 0 fully saturated rings. The zero-order valence-electron chi connectivity index (χ0n) is 11.4. The van der Waals surface area contributed by atoms with Crippen LogP contribution in [-0.4, -0.2) is 18.6 Å². The van der Waals surface area contributed by atoms with Crippen molar-refractivity contribution in [3.63, 3.8) is 0 Å². The summed E-state index contributed by atoms with van der Waals surface area (Å²) >= 11 is 0. The maximum Gasteiger partial charge on any atom is 1.00 e. The Labute approximate surface area is 162 Å². The zero-order chi connectivity index (χ0) is 14.6. The predicted octanol–water partition coefficient (Wildman–Crippen LogP) is -0.0994. The van der Waals surface area contributed by atoms with Gasteiger partial charge in [0.1, 0.15) is 0 Å². The van der Waals surface area contributed by atoms with Crippen LogP contribution in [0.15, 0.2) is 42.7 Å². The molecule has 0 saturated heterocycles. The van der Waals surface area contributed by atoms with Crippen molar-refractivity contribution in [1.82, 2.24) is 4.98 Å². The van der Waals surface area contributed by atoms with Gasteiger partial charge in [-0.3, -0.25) is 4.98 Å². The van der Waals surface area contributed by atoms with Crippen molar-refractivity contribution in [2.75, 3.05) is 6.61 Å². The molecule has 0 bridgehead atoms. The first-order valence-corrected chi connectivity index (χ1v) is 5.98. The summed E-state index contributed by atoms with van der Waals surface area (Å²) in [4.78, 5) is 3.90. The molecule has 0 atom stereocenters. The van der Waals surface area contributed by atoms with Gasteiger partial charge in [-0.25, -0.2) is 4.39 Å². The minimum Gasteiger partial charge on any atom is -0.490 e. The molecule has 0 N–H and O–H groups in total. The van der Waals surface area contributed by atoms with Gasteiger partial charge in [0.25, 0.3) is 0 Å². The Morgan fingerprint density at radius 1 is 1.14 bits per heavy atom. The van der Waals surface area contributed by atoms with E-state index in [-0.39, 0.29) is 63.7 Å². The summed E-state index contributed by atoms with van der Waals surface area (Å²) < 4.78 is 56.2. The molecule has 1 aromatic heterocycles. The van der Waals surface area contributed by atoms with E-state index in [0.717, 1.165) is 11.6 Å². The largest absolute Gasteiger partial charge is 1.00 e. The van der Waals surface area contributed by atoms with Gasteiger partial charge in [-0.15, -0.1) is 5.46 Å². The average molecular weight is 323 g/mol. The summed E-state index contributed by atoms with van der Waals surface area (Å²) in [7, 11) is 0. The van der Waals surface area contributed by atoms with Crippen molar-refractivity contribution in [2.45, 2.75) is 6.42 Å². The topological polar surface area (TPSA) is 22.1 Å². The molecule has 0 aliphatic rings. The number of nitrogens with zero attached hydrogens (tertiary/aromatic N) is 1. The molecule has 1 heterocycles. The summed E-state index contributed by atoms with van der Waals surface area (Å²) in [6.07, 6.45) is 3.67. The van der Waals surface area contributed by atoms with E-state index in [1.54, 1.807) is 18.5 Å². The van der Waals surface area contributed by atoms with Gasteiger partial charge in [0.05, 0.1) is 6.61 Å². The standard InChI is InChI=1S/C13H11BF4NO.K/c15-12-4-3-11(14(16,17)18)8-13(12)20-7-5-10-2-1-6-19-9-10;/h1-4,6,8-9H,5,7H2;/q-1;+1. The average Bonchev–Trinajstić information content (AvgIpc) is 2.41. The Bertz CT molecular complexity index is 580. The molecule has 21 heavy (non-hydrogen) atoms. The fourth-order valence-corrected chi connectivity index (χ4v) is 1.66. The van der Waals surface area contributed by atoms with E-state index in [1.165, 1.54) is 0 Å². The molecule has 0 radical (unpaired) electrons. The van der Waals surface area contributed by atoms with Crippen molar-refractivity contribution in [3.05, 3.63) is 54.1 Å². The van der Waals surface area contributed by atoms with Crippen LogP contribution in [0.1, 0.15) is 5.56 Å². The monoisotopic (exact) mass is 323 g/mol. The van der Waals surface area contributed by atoms with E-state index in [9.17, 15) is 17.3 Å². The second-order valence-electron chi connectivity index (χ2n) is 4.22. The molecule has 8 heteroatoms. The van der Waals surface area contributed by atoms with Crippen molar-refractivity contribution < 1.29 is 73.5 Å². The van der Waals surface area contributed by atoms with Crippen LogP contribution >= 0.6 is 0 Å². The maximum atomic E-state index is 13.4. The molecule has 0 unspecified atom stereocenters. The van der Waals surface area contributed by atoms with Gasteiger partial charge in [0, 0.05) is 18.8 Å². The van der Waals surface area contributed by atoms with Crippen LogP contribution in [0.2, 0.25) is 0 Å². The summed E-state index contributed by atoms with van der Waals surface area (Å²) in [6.45, 7) is -5.08. The third kappa shape index (κ3) is 5.71. The van der Waals surface area contributed by atoms with Gasteiger partial charge in [0.15, 0.2) is 11.6 Å². The molecule has 106 valence electrons. The molecule has 0 spiro atoms. The third-order valence-corrected chi connectivity index (χ3v) is 2.70. The zero-order valence-corrected chi connectivity index (χ0v) is 14.5. The van der Waals surface area contributed by atoms with Crippen molar-refractivity contribution in [3.8, 4) is 5.75 Å². The van der Waals surface area contributed by atoms with Crippen molar-refractivity contribution in [1.29, 1.82) is 0 Å². The number of ether oxygens (including phenoxy) is 1. The van der Waals surface area contributed by atoms with Crippen LogP contribution in [0.3, 0.4) is 0 Å². The first-order chi connectivity index (χ1) is 9.47. The molecule has 0 aliphatic heterocycles. The predicted molar refractivity (Wildman–Crippen MR) is 68.5 cm³/mol. The second kappa shape index (κ2) is 8.28. The third-order valence-electron chi connectivity index (χ3n) is 2.70. The SMILES string of the molecule is Fc1ccc([B-](F)(F)F)cc1OCCc1cccnc1.[K+]. The molecule has 2 rings (SSSR count). The molecule has 1 aromatic carbocycles. The molecule has 2 nitrogen and oxygen atoms in total. The number of halogens is 4. The van der Waals surface area contributed by atoms with Crippen LogP contribution in [0.5, 0.6) is 5.75 Å². The second-order valence-corrected chi connectivity index (χ2v) is 4.22. The summed E-state index contributed by atoms with van der Waals surface area (Å²) in [6, 6.07) is 5.72. The Hall–Kier alpha value is -0.409. The normalized spacial score (nSPS) is 10.9. The van der Waals surface area contributed by atoms with Gasteiger partial charge in [0.2, 0.25) is 0 Å². The van der Waals surface area contributed by atoms with Gasteiger partial charge in [-0.2, -0.15) is 0 Å². The number of aromatic nitrogens is 1. The number of hydrogen-bond donors (Lipinski definition) is 0. The van der Waals surface area contributed by atoms with E-state index in [0.29, 0.717) is 18.6 Å². The number of benzene rings is 1. The Kier molecular flexibility index (Phi) is 7.35. The van der Waals surface area contributed by atoms with Crippen LogP contribution in [0.4, 0.5) is 17.3 Å². The van der Waals surface area contributed by atoms with Crippen LogP contribution in [-0.2, 0) is 6.42 Å². The summed E-state index contributed by atoms with van der Waals surface area (Å²) in [5, 5.41) is 0. The van der Waals surface area contributed by atoms with Crippen LogP contribution < -0.4 is 61.6 Å². The number of pyridine rings is 1. The molecule has 0 aliphatic carbocycles. The summed E-state index contributed by atoms with van der Waals surface area (Å²) in [5.74, 6) is -1.19. The number of rotatable bonds is 5. The molecular weight excluding hydrogens is 312 g/mol. The smallest absolute Gasteiger partial charge is 0.490 e. The Balaban J connectivity index is 0.00000220. The van der Waals surface area contributed by atoms with E-state index < -0.39 is 18.3 Å². The van der Waals surface area contributed by atoms with E-state index in [1.807, 2.05) is 6.07 Å². The van der Waals surface area contributed by atoms with Crippen molar-refractivity contribution in [2.24, 2.45) is 0 Å². The fraction of sp³-hybridized carbons (Fsp3) is 0.154. The Morgan fingerprint density at radius 3 is 2.52 bits per heavy atom. The molecule has 0 amide bonds. The maximum absolute atomic E-state index is 13.4. The number of hydrogen-bond acceptors (Lipinski definition) is 2. The fourth-order valence-electron chi connectivity index (χ4n) is 1.66. The minimum absolute atomic E-state index is 0. The first kappa shape index (κ1) is 18.6. The van der Waals surface area contributed by atoms with Gasteiger partial charge >= 0.3 is 58.4 Å². The first-order valence-electron chi connectivity index (χ1n) is 5.98.